The highest BCUT2D eigenvalue weighted by Gasteiger charge is 2.20. The maximum Gasteiger partial charge on any atom is 0.240 e. The molecule has 10 heteroatoms. The van der Waals surface area contributed by atoms with E-state index in [9.17, 15) is 13.2 Å². The third-order valence-electron chi connectivity index (χ3n) is 5.22. The Morgan fingerprint density at radius 3 is 2.59 bits per heavy atom. The minimum absolute atomic E-state index is 0.0231. The summed E-state index contributed by atoms with van der Waals surface area (Å²) < 4.78 is 29.7. The summed E-state index contributed by atoms with van der Waals surface area (Å²) in [5.74, 6) is 0.418. The number of carbonyl (C=O) groups excluding carboxylic acids is 1. The Morgan fingerprint density at radius 1 is 1.12 bits per heavy atom. The summed E-state index contributed by atoms with van der Waals surface area (Å²) in [6.07, 6.45) is 3.54. The number of nitrogens with one attached hydrogen (secondary N) is 2. The van der Waals surface area contributed by atoms with Crippen LogP contribution in [-0.4, -0.2) is 35.4 Å². The van der Waals surface area contributed by atoms with Crippen LogP contribution in [0.25, 0.3) is 22.0 Å². The highest BCUT2D eigenvalue weighted by atomic mass is 32.2. The molecule has 0 saturated carbocycles. The standard InChI is InChI=1S/C24H25N5O3S2/c1-16-9-10-17(2)19(15-16)34(31,32)26-12-11-20(30)27-24-28-21(18-7-5-4-6-8-18)22(33-24)23-25-13-14-29(23)3/h4-10,13-15,26H,11-12H2,1-3H3,(H,27,28,30). The molecule has 2 aromatic heterocycles. The van der Waals surface area contributed by atoms with Gasteiger partial charge in [-0.1, -0.05) is 53.8 Å². The fourth-order valence-electron chi connectivity index (χ4n) is 3.46. The lowest BCUT2D eigenvalue weighted by Crippen LogP contribution is -2.28. The molecule has 0 unspecified atom stereocenters. The van der Waals surface area contributed by atoms with Gasteiger partial charge in [0.15, 0.2) is 11.0 Å². The number of thiazole rings is 1. The van der Waals surface area contributed by atoms with Gasteiger partial charge in [0.1, 0.15) is 0 Å². The molecule has 2 N–H and O–H groups in total. The number of sulfonamides is 1. The van der Waals surface area contributed by atoms with Gasteiger partial charge in [0.05, 0.1) is 15.5 Å². The number of aromatic nitrogens is 3. The Hall–Kier alpha value is -3.34. The van der Waals surface area contributed by atoms with Gasteiger partial charge in [0, 0.05) is 38.0 Å². The van der Waals surface area contributed by atoms with E-state index in [2.05, 4.69) is 20.0 Å². The molecule has 0 aliphatic rings. The van der Waals surface area contributed by atoms with Gasteiger partial charge in [-0.2, -0.15) is 0 Å². The van der Waals surface area contributed by atoms with Crippen LogP contribution in [0.1, 0.15) is 17.5 Å². The Morgan fingerprint density at radius 2 is 1.88 bits per heavy atom. The van der Waals surface area contributed by atoms with Gasteiger partial charge >= 0.3 is 0 Å². The number of hydrogen-bond acceptors (Lipinski definition) is 6. The summed E-state index contributed by atoms with van der Waals surface area (Å²) in [6.45, 7) is 3.56. The van der Waals surface area contributed by atoms with Crippen LogP contribution in [0.3, 0.4) is 0 Å². The molecule has 0 atom stereocenters. The third kappa shape index (κ3) is 5.24. The average Bonchev–Trinajstić information content (AvgIpc) is 3.41. The third-order valence-corrected chi connectivity index (χ3v) is 7.79. The van der Waals surface area contributed by atoms with Gasteiger partial charge in [-0.25, -0.2) is 23.1 Å². The van der Waals surface area contributed by atoms with E-state index in [4.69, 9.17) is 0 Å². The van der Waals surface area contributed by atoms with E-state index in [-0.39, 0.29) is 23.8 Å². The van der Waals surface area contributed by atoms with Crippen molar-refractivity contribution in [3.05, 3.63) is 72.1 Å². The van der Waals surface area contributed by atoms with Crippen LogP contribution in [0.2, 0.25) is 0 Å². The van der Waals surface area contributed by atoms with Crippen LogP contribution in [-0.2, 0) is 21.9 Å². The highest BCUT2D eigenvalue weighted by Crippen LogP contribution is 2.38. The Kier molecular flexibility index (Phi) is 6.92. The molecule has 0 bridgehead atoms. The minimum Gasteiger partial charge on any atom is -0.333 e. The predicted octanol–water partition coefficient (Wildman–Crippen LogP) is 4.13. The van der Waals surface area contributed by atoms with Crippen LogP contribution in [0.15, 0.2) is 65.8 Å². The first-order valence-corrected chi connectivity index (χ1v) is 13.0. The molecule has 0 spiro atoms. The van der Waals surface area contributed by atoms with Crippen LogP contribution >= 0.6 is 11.3 Å². The Labute approximate surface area is 202 Å². The normalized spacial score (nSPS) is 11.5. The van der Waals surface area contributed by atoms with Gasteiger partial charge < -0.3 is 9.88 Å². The second kappa shape index (κ2) is 9.88. The van der Waals surface area contributed by atoms with Crippen molar-refractivity contribution < 1.29 is 13.2 Å². The molecule has 1 amide bonds. The summed E-state index contributed by atoms with van der Waals surface area (Å²) in [5, 5.41) is 3.23. The molecule has 2 heterocycles. The molecular weight excluding hydrogens is 470 g/mol. The van der Waals surface area contributed by atoms with E-state index in [0.29, 0.717) is 10.7 Å². The number of anilines is 1. The van der Waals surface area contributed by atoms with Crippen LogP contribution in [0, 0.1) is 13.8 Å². The van der Waals surface area contributed by atoms with Crippen molar-refractivity contribution >= 4 is 32.4 Å². The van der Waals surface area contributed by atoms with Crippen molar-refractivity contribution in [1.29, 1.82) is 0 Å². The van der Waals surface area contributed by atoms with Gasteiger partial charge in [-0.15, -0.1) is 0 Å². The fraction of sp³-hybridized carbons (Fsp3) is 0.208. The number of nitrogens with zero attached hydrogens (tertiary/aromatic N) is 3. The molecule has 0 saturated heterocycles. The Balaban J connectivity index is 1.47. The van der Waals surface area contributed by atoms with E-state index in [0.717, 1.165) is 27.5 Å². The van der Waals surface area contributed by atoms with Crippen molar-refractivity contribution in [2.24, 2.45) is 7.05 Å². The zero-order chi connectivity index (χ0) is 24.3. The zero-order valence-corrected chi connectivity index (χ0v) is 20.7. The van der Waals surface area contributed by atoms with Crippen molar-refractivity contribution in [1.82, 2.24) is 19.3 Å². The SMILES string of the molecule is Cc1ccc(C)c(S(=O)(=O)NCCC(=O)Nc2nc(-c3ccccc3)c(-c3nccn3C)s2)c1. The number of benzene rings is 2. The molecule has 34 heavy (non-hydrogen) atoms. The smallest absolute Gasteiger partial charge is 0.240 e. The van der Waals surface area contributed by atoms with E-state index in [1.807, 2.05) is 61.1 Å². The first-order valence-electron chi connectivity index (χ1n) is 10.7. The van der Waals surface area contributed by atoms with Gasteiger partial charge in [0.25, 0.3) is 0 Å². The molecule has 4 rings (SSSR count). The van der Waals surface area contributed by atoms with Crippen LogP contribution in [0.5, 0.6) is 0 Å². The number of imidazole rings is 1. The van der Waals surface area contributed by atoms with Crippen molar-refractivity contribution in [3.8, 4) is 22.0 Å². The first-order chi connectivity index (χ1) is 16.2. The quantitative estimate of drug-likeness (QED) is 0.382. The van der Waals surface area contributed by atoms with Crippen molar-refractivity contribution in [3.63, 3.8) is 0 Å². The van der Waals surface area contributed by atoms with Gasteiger partial charge in [-0.05, 0) is 31.0 Å². The summed E-state index contributed by atoms with van der Waals surface area (Å²) in [4.78, 5) is 22.7. The largest absolute Gasteiger partial charge is 0.333 e. The number of rotatable bonds is 8. The van der Waals surface area contributed by atoms with Crippen LogP contribution < -0.4 is 10.0 Å². The number of carbonyl (C=O) groups is 1. The highest BCUT2D eigenvalue weighted by molar-refractivity contribution is 7.89. The minimum atomic E-state index is -3.71. The first kappa shape index (κ1) is 23.8. The maximum absolute atomic E-state index is 12.7. The van der Waals surface area contributed by atoms with Crippen molar-refractivity contribution in [2.45, 2.75) is 25.2 Å². The van der Waals surface area contributed by atoms with Crippen LogP contribution in [0.4, 0.5) is 5.13 Å². The predicted molar refractivity (Wildman–Crippen MR) is 134 cm³/mol. The Bertz CT molecular complexity index is 1430. The molecule has 8 nitrogen and oxygen atoms in total. The second-order valence-corrected chi connectivity index (χ2v) is 10.6. The lowest BCUT2D eigenvalue weighted by Gasteiger charge is -2.10. The molecular formula is C24H25N5O3S2. The molecule has 176 valence electrons. The molecule has 0 fully saturated rings. The molecule has 0 radical (unpaired) electrons. The lowest BCUT2D eigenvalue weighted by atomic mass is 10.1. The van der Waals surface area contributed by atoms with E-state index >= 15 is 0 Å². The number of hydrogen-bond donors (Lipinski definition) is 2. The lowest BCUT2D eigenvalue weighted by molar-refractivity contribution is -0.116. The zero-order valence-electron chi connectivity index (χ0n) is 19.1. The second-order valence-electron chi connectivity index (χ2n) is 7.89. The number of aryl methyl sites for hydroxylation is 3. The van der Waals surface area contributed by atoms with Gasteiger partial charge in [0.2, 0.25) is 15.9 Å². The molecule has 4 aromatic rings. The summed E-state index contributed by atoms with van der Waals surface area (Å²) in [6, 6.07) is 14.9. The summed E-state index contributed by atoms with van der Waals surface area (Å²) >= 11 is 1.33. The van der Waals surface area contributed by atoms with Gasteiger partial charge in [-0.3, -0.25) is 4.79 Å². The molecule has 0 aliphatic carbocycles. The average molecular weight is 496 g/mol. The summed E-state index contributed by atoms with van der Waals surface area (Å²) in [5.41, 5.74) is 3.15. The number of amides is 1. The maximum atomic E-state index is 12.7. The van der Waals surface area contributed by atoms with E-state index < -0.39 is 10.0 Å². The van der Waals surface area contributed by atoms with E-state index in [1.54, 1.807) is 25.3 Å². The fourth-order valence-corrected chi connectivity index (χ4v) is 5.86. The topological polar surface area (TPSA) is 106 Å². The summed E-state index contributed by atoms with van der Waals surface area (Å²) in [7, 11) is -1.81. The van der Waals surface area contributed by atoms with E-state index in [1.165, 1.54) is 11.3 Å². The monoisotopic (exact) mass is 495 g/mol. The van der Waals surface area contributed by atoms with Crippen molar-refractivity contribution in [2.75, 3.05) is 11.9 Å². The molecule has 2 aromatic carbocycles. The molecule has 0 aliphatic heterocycles.